The lowest BCUT2D eigenvalue weighted by Gasteiger charge is -2.39. The third-order valence-electron chi connectivity index (χ3n) is 3.85. The number of halogens is 1. The van der Waals surface area contributed by atoms with Crippen LogP contribution in [0.4, 0.5) is 0 Å². The van der Waals surface area contributed by atoms with Crippen LogP contribution in [0.5, 0.6) is 0 Å². The second-order valence-electron chi connectivity index (χ2n) is 5.24. The summed E-state index contributed by atoms with van der Waals surface area (Å²) >= 11 is 3.44. The Balaban J connectivity index is 2.10. The third-order valence-corrected chi connectivity index (χ3v) is 4.41. The number of hydrogen-bond acceptors (Lipinski definition) is 6. The first-order valence-electron chi connectivity index (χ1n) is 6.43. The van der Waals surface area contributed by atoms with Crippen LogP contribution in [0.3, 0.4) is 0 Å². The smallest absolute Gasteiger partial charge is 0.153 e. The summed E-state index contributed by atoms with van der Waals surface area (Å²) in [6.45, 7) is 3.26. The molecule has 2 unspecified atom stereocenters. The van der Waals surface area contributed by atoms with E-state index in [0.29, 0.717) is 6.04 Å². The molecule has 2 rings (SSSR count). The van der Waals surface area contributed by atoms with E-state index in [2.05, 4.69) is 55.6 Å². The fraction of sp³-hybridized carbons (Fsp3) is 0.818. The van der Waals surface area contributed by atoms with Crippen LogP contribution in [0.15, 0.2) is 4.60 Å². The fourth-order valence-electron chi connectivity index (χ4n) is 2.60. The molecule has 1 saturated heterocycles. The molecule has 1 aromatic rings. The molecule has 1 aliphatic heterocycles. The number of aromatic nitrogens is 3. The van der Waals surface area contributed by atoms with Crippen molar-refractivity contribution in [3.05, 3.63) is 10.3 Å². The van der Waals surface area contributed by atoms with E-state index in [1.807, 2.05) is 7.05 Å². The Bertz CT molecular complexity index is 402. The number of rotatable bonds is 4. The van der Waals surface area contributed by atoms with Crippen LogP contribution in [-0.2, 0) is 7.05 Å². The van der Waals surface area contributed by atoms with Crippen molar-refractivity contribution in [3.8, 4) is 0 Å². The monoisotopic (exact) mass is 331 g/mol. The van der Waals surface area contributed by atoms with E-state index in [0.717, 1.165) is 36.4 Å². The van der Waals surface area contributed by atoms with E-state index < -0.39 is 0 Å². The number of hydrazine groups is 1. The number of nitrogens with two attached hydrogens (primary N) is 1. The highest BCUT2D eigenvalue weighted by molar-refractivity contribution is 9.10. The summed E-state index contributed by atoms with van der Waals surface area (Å²) in [7, 11) is 6.21. The van der Waals surface area contributed by atoms with Gasteiger partial charge in [0.05, 0.1) is 11.7 Å². The summed E-state index contributed by atoms with van der Waals surface area (Å²) in [4.78, 5) is 4.75. The first-order chi connectivity index (χ1) is 9.02. The van der Waals surface area contributed by atoms with Crippen molar-refractivity contribution in [1.29, 1.82) is 0 Å². The minimum Gasteiger partial charge on any atom is -0.304 e. The molecule has 0 bridgehead atoms. The Morgan fingerprint density at radius 2 is 2.16 bits per heavy atom. The van der Waals surface area contributed by atoms with Gasteiger partial charge < -0.3 is 9.80 Å². The van der Waals surface area contributed by atoms with Gasteiger partial charge in [0.2, 0.25) is 0 Å². The first-order valence-corrected chi connectivity index (χ1v) is 7.22. The molecule has 1 aromatic heterocycles. The van der Waals surface area contributed by atoms with E-state index in [-0.39, 0.29) is 6.04 Å². The molecule has 8 heteroatoms. The van der Waals surface area contributed by atoms with Crippen LogP contribution in [-0.4, -0.2) is 64.6 Å². The van der Waals surface area contributed by atoms with Gasteiger partial charge in [-0.05, 0) is 36.4 Å². The summed E-state index contributed by atoms with van der Waals surface area (Å²) in [5.41, 5.74) is 3.88. The van der Waals surface area contributed by atoms with Gasteiger partial charge in [-0.1, -0.05) is 5.21 Å². The Hall–Kier alpha value is -0.540. The molecular weight excluding hydrogens is 310 g/mol. The fourth-order valence-corrected chi connectivity index (χ4v) is 3.20. The van der Waals surface area contributed by atoms with Gasteiger partial charge >= 0.3 is 0 Å². The molecule has 0 amide bonds. The molecule has 1 aliphatic rings. The van der Waals surface area contributed by atoms with Crippen LogP contribution >= 0.6 is 15.9 Å². The lowest BCUT2D eigenvalue weighted by atomic mass is 10.0. The van der Waals surface area contributed by atoms with E-state index in [1.165, 1.54) is 0 Å². The Morgan fingerprint density at radius 1 is 1.42 bits per heavy atom. The number of nitrogens with one attached hydrogen (secondary N) is 1. The van der Waals surface area contributed by atoms with Crippen LogP contribution < -0.4 is 11.3 Å². The van der Waals surface area contributed by atoms with Gasteiger partial charge in [-0.25, -0.2) is 4.68 Å². The summed E-state index contributed by atoms with van der Waals surface area (Å²) in [6.07, 6.45) is 0.928. The number of piperazine rings is 1. The van der Waals surface area contributed by atoms with Gasteiger partial charge in [-0.15, -0.1) is 5.10 Å². The molecule has 2 atom stereocenters. The van der Waals surface area contributed by atoms with Gasteiger partial charge in [0, 0.05) is 32.7 Å². The molecule has 3 N–H and O–H groups in total. The van der Waals surface area contributed by atoms with Crippen molar-refractivity contribution in [1.82, 2.24) is 30.2 Å². The largest absolute Gasteiger partial charge is 0.304 e. The number of aryl methyl sites for hydroxylation is 1. The van der Waals surface area contributed by atoms with Crippen molar-refractivity contribution < 1.29 is 0 Å². The number of likely N-dealkylation sites (N-methyl/N-ethyl adjacent to an activating group) is 2. The molecule has 0 aromatic carbocycles. The molecule has 0 aliphatic carbocycles. The van der Waals surface area contributed by atoms with Crippen molar-refractivity contribution >= 4 is 15.9 Å². The maximum atomic E-state index is 5.73. The maximum absolute atomic E-state index is 5.73. The highest BCUT2D eigenvalue weighted by Gasteiger charge is 2.28. The highest BCUT2D eigenvalue weighted by Crippen LogP contribution is 2.25. The molecule has 1 fully saturated rings. The average molecular weight is 332 g/mol. The Labute approximate surface area is 122 Å². The van der Waals surface area contributed by atoms with Gasteiger partial charge in [-0.2, -0.15) is 0 Å². The van der Waals surface area contributed by atoms with E-state index >= 15 is 0 Å². The van der Waals surface area contributed by atoms with Crippen molar-refractivity contribution in [3.63, 3.8) is 0 Å². The van der Waals surface area contributed by atoms with Crippen LogP contribution in [0, 0.1) is 0 Å². The van der Waals surface area contributed by atoms with Gasteiger partial charge in [0.25, 0.3) is 0 Å². The van der Waals surface area contributed by atoms with Crippen molar-refractivity contribution in [2.75, 3.05) is 33.7 Å². The second-order valence-corrected chi connectivity index (χ2v) is 5.99. The quantitative estimate of drug-likeness (QED) is 0.583. The van der Waals surface area contributed by atoms with E-state index in [1.54, 1.807) is 4.68 Å². The van der Waals surface area contributed by atoms with E-state index in [4.69, 9.17) is 5.84 Å². The SMILES string of the molecule is CN1CCN(C)C(CC(NN)c2c(Br)nnn2C)C1. The third kappa shape index (κ3) is 3.32. The average Bonchev–Trinajstić information content (AvgIpc) is 2.71. The zero-order valence-electron chi connectivity index (χ0n) is 11.7. The molecule has 19 heavy (non-hydrogen) atoms. The molecule has 108 valence electrons. The Morgan fingerprint density at radius 3 is 2.74 bits per heavy atom. The zero-order valence-corrected chi connectivity index (χ0v) is 13.3. The van der Waals surface area contributed by atoms with Gasteiger partial charge in [0.1, 0.15) is 0 Å². The lowest BCUT2D eigenvalue weighted by molar-refractivity contribution is 0.100. The second kappa shape index (κ2) is 6.27. The first kappa shape index (κ1) is 14.9. The zero-order chi connectivity index (χ0) is 14.0. The van der Waals surface area contributed by atoms with Crippen LogP contribution in [0.1, 0.15) is 18.2 Å². The van der Waals surface area contributed by atoms with E-state index in [9.17, 15) is 0 Å². The summed E-state index contributed by atoms with van der Waals surface area (Å²) in [5.74, 6) is 5.73. The molecule has 0 spiro atoms. The minimum atomic E-state index is 0.0355. The molecule has 0 saturated carbocycles. The summed E-state index contributed by atoms with van der Waals surface area (Å²) in [6, 6.07) is 0.509. The van der Waals surface area contributed by atoms with Crippen molar-refractivity contribution in [2.24, 2.45) is 12.9 Å². The van der Waals surface area contributed by atoms with Gasteiger partial charge in [0.15, 0.2) is 4.60 Å². The summed E-state index contributed by atoms with van der Waals surface area (Å²) < 4.78 is 2.52. The predicted molar refractivity (Wildman–Crippen MR) is 77.3 cm³/mol. The van der Waals surface area contributed by atoms with Crippen molar-refractivity contribution in [2.45, 2.75) is 18.5 Å². The standard InChI is InChI=1S/C11H22BrN7/c1-17-4-5-18(2)8(7-17)6-9(14-13)10-11(12)15-16-19(10)3/h8-9,14H,4-7,13H2,1-3H3. The molecule has 7 nitrogen and oxygen atoms in total. The predicted octanol–water partition coefficient (Wildman–Crippen LogP) is -0.282. The lowest BCUT2D eigenvalue weighted by Crippen LogP contribution is -2.51. The van der Waals surface area contributed by atoms with Gasteiger partial charge in [-0.3, -0.25) is 11.3 Å². The minimum absolute atomic E-state index is 0.0355. The molecular formula is C11H22BrN7. The molecule has 0 radical (unpaired) electrons. The van der Waals surface area contributed by atoms with Crippen LogP contribution in [0.2, 0.25) is 0 Å². The number of hydrogen-bond donors (Lipinski definition) is 2. The maximum Gasteiger partial charge on any atom is 0.153 e. The summed E-state index contributed by atoms with van der Waals surface area (Å²) in [5, 5.41) is 8.03. The highest BCUT2D eigenvalue weighted by atomic mass is 79.9. The molecule has 2 heterocycles. The topological polar surface area (TPSA) is 75.2 Å². The normalized spacial score (nSPS) is 23.7. The number of nitrogens with zero attached hydrogens (tertiary/aromatic N) is 5. The van der Waals surface area contributed by atoms with Crippen LogP contribution in [0.25, 0.3) is 0 Å². The Kier molecular flexibility index (Phi) is 4.91.